The average molecular weight is 228 g/mol. The number of ketones is 1. The molecule has 0 aliphatic heterocycles. The zero-order valence-electron chi connectivity index (χ0n) is 10.7. The first kappa shape index (κ1) is 11.0. The Kier molecular flexibility index (Phi) is 2.57. The Bertz CT molecular complexity index is 461. The zero-order chi connectivity index (χ0) is 12.0. The van der Waals surface area contributed by atoms with Crippen molar-refractivity contribution in [3.05, 3.63) is 34.9 Å². The van der Waals surface area contributed by atoms with E-state index in [1.54, 1.807) is 6.92 Å². The van der Waals surface area contributed by atoms with E-state index >= 15 is 0 Å². The van der Waals surface area contributed by atoms with Gasteiger partial charge in [-0.3, -0.25) is 4.79 Å². The van der Waals surface area contributed by atoms with Crippen LogP contribution in [0.4, 0.5) is 0 Å². The zero-order valence-corrected chi connectivity index (χ0v) is 10.7. The lowest BCUT2D eigenvalue weighted by molar-refractivity contribution is 0.101. The van der Waals surface area contributed by atoms with E-state index < -0.39 is 0 Å². The number of hydrogen-bond donors (Lipinski definition) is 0. The van der Waals surface area contributed by atoms with Crippen LogP contribution in [0.25, 0.3) is 0 Å². The second-order valence-electron chi connectivity index (χ2n) is 5.88. The normalized spacial score (nSPS) is 30.8. The molecule has 0 heterocycles. The minimum Gasteiger partial charge on any atom is -0.294 e. The number of carbonyl (C=O) groups is 1. The van der Waals surface area contributed by atoms with Gasteiger partial charge >= 0.3 is 0 Å². The quantitative estimate of drug-likeness (QED) is 0.696. The minimum absolute atomic E-state index is 0.237. The Balaban J connectivity index is 2.03. The second kappa shape index (κ2) is 3.97. The third-order valence-corrected chi connectivity index (χ3v) is 4.79. The number of carbonyl (C=O) groups excluding carboxylic acids is 1. The van der Waals surface area contributed by atoms with Gasteiger partial charge in [0, 0.05) is 5.56 Å². The molecule has 0 N–H and O–H groups in total. The molecule has 0 saturated heterocycles. The van der Waals surface area contributed by atoms with Crippen LogP contribution in [-0.4, -0.2) is 5.78 Å². The molecule has 1 aromatic rings. The van der Waals surface area contributed by atoms with E-state index in [1.807, 2.05) is 0 Å². The van der Waals surface area contributed by atoms with Crippen LogP contribution in [0.1, 0.15) is 60.0 Å². The maximum Gasteiger partial charge on any atom is 0.160 e. The molecular formula is C16H20O. The van der Waals surface area contributed by atoms with Crippen molar-refractivity contribution in [1.82, 2.24) is 0 Å². The van der Waals surface area contributed by atoms with Gasteiger partial charge < -0.3 is 0 Å². The smallest absolute Gasteiger partial charge is 0.160 e. The van der Waals surface area contributed by atoms with Crippen LogP contribution in [0.3, 0.4) is 0 Å². The highest BCUT2D eigenvalue weighted by atomic mass is 16.1. The summed E-state index contributed by atoms with van der Waals surface area (Å²) in [5.74, 6) is 2.68. The molecule has 1 aromatic carbocycles. The number of fused-ring (bicyclic) bond motifs is 2. The molecule has 0 unspecified atom stereocenters. The summed E-state index contributed by atoms with van der Waals surface area (Å²) in [4.78, 5) is 11.8. The standard InChI is InChI=1S/C16H20O/c1-10-4-3-5-14(16(10)11(2)17)15-9-12-6-7-13(15)8-12/h3-5,12-13,15H,6-9H2,1-2H3/t12-,13+,15+/m0/s1. The van der Waals surface area contributed by atoms with Crippen molar-refractivity contribution < 1.29 is 4.79 Å². The van der Waals surface area contributed by atoms with Gasteiger partial charge in [0.2, 0.25) is 0 Å². The summed E-state index contributed by atoms with van der Waals surface area (Å²) < 4.78 is 0. The summed E-state index contributed by atoms with van der Waals surface area (Å²) in [6.07, 6.45) is 5.51. The highest BCUT2D eigenvalue weighted by Gasteiger charge is 2.41. The summed E-state index contributed by atoms with van der Waals surface area (Å²) in [6, 6.07) is 6.37. The van der Waals surface area contributed by atoms with Gasteiger partial charge in [-0.2, -0.15) is 0 Å². The van der Waals surface area contributed by atoms with E-state index in [4.69, 9.17) is 0 Å². The molecule has 0 amide bonds. The van der Waals surface area contributed by atoms with E-state index in [-0.39, 0.29) is 5.78 Å². The molecule has 90 valence electrons. The summed E-state index contributed by atoms with van der Waals surface area (Å²) >= 11 is 0. The van der Waals surface area contributed by atoms with Gasteiger partial charge in [-0.05, 0) is 62.0 Å². The SMILES string of the molecule is CC(=O)c1c(C)cccc1[C@@H]1C[C@H]2CC[C@@H]1C2. The Morgan fingerprint density at radius 1 is 1.24 bits per heavy atom. The molecule has 0 spiro atoms. The van der Waals surface area contributed by atoms with Gasteiger partial charge in [0.15, 0.2) is 5.78 Å². The summed E-state index contributed by atoms with van der Waals surface area (Å²) in [7, 11) is 0. The lowest BCUT2D eigenvalue weighted by atomic mass is 9.80. The fraction of sp³-hybridized carbons (Fsp3) is 0.562. The number of benzene rings is 1. The maximum atomic E-state index is 11.8. The van der Waals surface area contributed by atoms with E-state index in [0.717, 1.165) is 23.0 Å². The maximum absolute atomic E-state index is 11.8. The summed E-state index contributed by atoms with van der Waals surface area (Å²) in [5, 5.41) is 0. The third-order valence-electron chi connectivity index (χ3n) is 4.79. The fourth-order valence-electron chi connectivity index (χ4n) is 4.11. The molecule has 2 aliphatic rings. The van der Waals surface area contributed by atoms with Crippen molar-refractivity contribution in [3.63, 3.8) is 0 Å². The Morgan fingerprint density at radius 2 is 2.06 bits per heavy atom. The van der Waals surface area contributed by atoms with Crippen LogP contribution < -0.4 is 0 Å². The predicted octanol–water partition coefficient (Wildman–Crippen LogP) is 4.10. The molecule has 17 heavy (non-hydrogen) atoms. The molecule has 0 radical (unpaired) electrons. The molecule has 3 atom stereocenters. The van der Waals surface area contributed by atoms with E-state index in [9.17, 15) is 4.79 Å². The number of hydrogen-bond acceptors (Lipinski definition) is 1. The highest BCUT2D eigenvalue weighted by molar-refractivity contribution is 5.97. The monoisotopic (exact) mass is 228 g/mol. The Morgan fingerprint density at radius 3 is 2.65 bits per heavy atom. The molecule has 2 aliphatic carbocycles. The highest BCUT2D eigenvalue weighted by Crippen LogP contribution is 2.53. The van der Waals surface area contributed by atoms with Crippen LogP contribution in [-0.2, 0) is 0 Å². The van der Waals surface area contributed by atoms with E-state index in [2.05, 4.69) is 25.1 Å². The first-order valence-electron chi connectivity index (χ1n) is 6.77. The Hall–Kier alpha value is -1.11. The fourth-order valence-corrected chi connectivity index (χ4v) is 4.11. The van der Waals surface area contributed by atoms with Gasteiger partial charge in [0.1, 0.15) is 0 Å². The molecule has 2 bridgehead atoms. The van der Waals surface area contributed by atoms with Crippen LogP contribution in [0.5, 0.6) is 0 Å². The largest absolute Gasteiger partial charge is 0.294 e. The van der Waals surface area contributed by atoms with Crippen molar-refractivity contribution >= 4 is 5.78 Å². The number of Topliss-reactive ketones (excluding diaryl/α,β-unsaturated/α-hetero) is 1. The van der Waals surface area contributed by atoms with Gasteiger partial charge in [-0.15, -0.1) is 0 Å². The van der Waals surface area contributed by atoms with Crippen molar-refractivity contribution in [1.29, 1.82) is 0 Å². The number of rotatable bonds is 2. The van der Waals surface area contributed by atoms with Crippen molar-refractivity contribution in [2.75, 3.05) is 0 Å². The lowest BCUT2D eigenvalue weighted by Crippen LogP contribution is -2.13. The van der Waals surface area contributed by atoms with E-state index in [1.165, 1.54) is 31.2 Å². The molecule has 3 rings (SSSR count). The van der Waals surface area contributed by atoms with Crippen LogP contribution >= 0.6 is 0 Å². The average Bonchev–Trinajstić information content (AvgIpc) is 2.89. The topological polar surface area (TPSA) is 17.1 Å². The van der Waals surface area contributed by atoms with Crippen LogP contribution in [0.2, 0.25) is 0 Å². The molecule has 0 aromatic heterocycles. The van der Waals surface area contributed by atoms with Gasteiger partial charge in [0.25, 0.3) is 0 Å². The van der Waals surface area contributed by atoms with Crippen LogP contribution in [0.15, 0.2) is 18.2 Å². The van der Waals surface area contributed by atoms with Gasteiger partial charge in [-0.25, -0.2) is 0 Å². The molecule has 2 fully saturated rings. The molecular weight excluding hydrogens is 208 g/mol. The van der Waals surface area contributed by atoms with Gasteiger partial charge in [-0.1, -0.05) is 24.6 Å². The minimum atomic E-state index is 0.237. The number of aryl methyl sites for hydroxylation is 1. The predicted molar refractivity (Wildman–Crippen MR) is 69.4 cm³/mol. The molecule has 1 nitrogen and oxygen atoms in total. The third kappa shape index (κ3) is 1.72. The van der Waals surface area contributed by atoms with Crippen molar-refractivity contribution in [3.8, 4) is 0 Å². The van der Waals surface area contributed by atoms with E-state index in [0.29, 0.717) is 5.92 Å². The summed E-state index contributed by atoms with van der Waals surface area (Å²) in [5.41, 5.74) is 3.49. The van der Waals surface area contributed by atoms with Crippen LogP contribution in [0, 0.1) is 18.8 Å². The Labute approximate surface area is 103 Å². The van der Waals surface area contributed by atoms with Gasteiger partial charge in [0.05, 0.1) is 0 Å². The first-order valence-corrected chi connectivity index (χ1v) is 6.77. The summed E-state index contributed by atoms with van der Waals surface area (Å²) in [6.45, 7) is 3.77. The van der Waals surface area contributed by atoms with Crippen molar-refractivity contribution in [2.24, 2.45) is 11.8 Å². The lowest BCUT2D eigenvalue weighted by Gasteiger charge is -2.24. The first-order chi connectivity index (χ1) is 8.16. The molecule has 1 heteroatoms. The second-order valence-corrected chi connectivity index (χ2v) is 5.88. The molecule has 2 saturated carbocycles. The van der Waals surface area contributed by atoms with Crippen molar-refractivity contribution in [2.45, 2.75) is 45.4 Å².